The third kappa shape index (κ3) is 3.39. The van der Waals surface area contributed by atoms with E-state index in [4.69, 9.17) is 9.37 Å². The van der Waals surface area contributed by atoms with Gasteiger partial charge in [0.05, 0.1) is 29.9 Å². The minimum Gasteiger partial charge on any atom is -0.388 e. The van der Waals surface area contributed by atoms with Crippen molar-refractivity contribution in [1.29, 1.82) is 0 Å². The minimum atomic E-state index is -0.514. The number of hydrogen-bond acceptors (Lipinski definition) is 9. The van der Waals surface area contributed by atoms with E-state index in [2.05, 4.69) is 31.2 Å². The Hall–Kier alpha value is -2.07. The molecule has 148 valence electrons. The lowest BCUT2D eigenvalue weighted by atomic mass is 9.97. The molecule has 8 nitrogen and oxygen atoms in total. The van der Waals surface area contributed by atoms with Crippen molar-refractivity contribution < 1.29 is 14.5 Å². The third-order valence-corrected chi connectivity index (χ3v) is 6.66. The molecule has 0 radical (unpaired) electrons. The van der Waals surface area contributed by atoms with Gasteiger partial charge in [0.1, 0.15) is 10.5 Å². The molecule has 0 aliphatic carbocycles. The van der Waals surface area contributed by atoms with Gasteiger partial charge in [-0.2, -0.15) is 0 Å². The standard InChI is InChI=1S/C19H23N5O3S/c1-12(25)17-8-20-19(28-17)14-6-15-18(22-27-21-15)16(7-14)24-10-13(11-24)9-23-2-4-26-5-3-23/h6-8,12-13,25H,2-5,9-11H2,1H3. The summed E-state index contributed by atoms with van der Waals surface area (Å²) >= 11 is 1.50. The van der Waals surface area contributed by atoms with Crippen LogP contribution in [0.25, 0.3) is 21.6 Å². The smallest absolute Gasteiger partial charge is 0.158 e. The molecule has 1 N–H and O–H groups in total. The summed E-state index contributed by atoms with van der Waals surface area (Å²) in [5.41, 5.74) is 3.55. The Labute approximate surface area is 166 Å². The lowest BCUT2D eigenvalue weighted by molar-refractivity contribution is 0.0286. The molecule has 2 fully saturated rings. The Kier molecular flexibility index (Phi) is 4.75. The van der Waals surface area contributed by atoms with E-state index >= 15 is 0 Å². The minimum absolute atomic E-state index is 0.514. The SMILES string of the molecule is CC(O)c1cnc(-c2cc(N3CC(CN4CCOCC4)C3)c3nonc3c2)s1. The van der Waals surface area contributed by atoms with Crippen molar-refractivity contribution in [2.45, 2.75) is 13.0 Å². The number of aromatic nitrogens is 3. The van der Waals surface area contributed by atoms with Gasteiger partial charge in [-0.3, -0.25) is 4.90 Å². The summed E-state index contributed by atoms with van der Waals surface area (Å²) < 4.78 is 10.4. The Morgan fingerprint density at radius 3 is 2.82 bits per heavy atom. The molecule has 0 amide bonds. The monoisotopic (exact) mass is 401 g/mol. The van der Waals surface area contributed by atoms with E-state index in [1.54, 1.807) is 13.1 Å². The molecule has 2 aromatic heterocycles. The van der Waals surface area contributed by atoms with Crippen molar-refractivity contribution in [3.63, 3.8) is 0 Å². The summed E-state index contributed by atoms with van der Waals surface area (Å²) in [5, 5.41) is 18.8. The van der Waals surface area contributed by atoms with E-state index in [0.717, 1.165) is 78.1 Å². The van der Waals surface area contributed by atoms with Crippen LogP contribution in [0.5, 0.6) is 0 Å². The maximum atomic E-state index is 9.79. The van der Waals surface area contributed by atoms with Crippen molar-refractivity contribution in [3.8, 4) is 10.6 Å². The van der Waals surface area contributed by atoms with Crippen LogP contribution in [0.2, 0.25) is 0 Å². The fourth-order valence-corrected chi connectivity index (χ4v) is 4.72. The lowest BCUT2D eigenvalue weighted by Gasteiger charge is -2.43. The number of hydrogen-bond donors (Lipinski definition) is 1. The van der Waals surface area contributed by atoms with E-state index in [9.17, 15) is 5.11 Å². The number of nitrogens with zero attached hydrogens (tertiary/aromatic N) is 5. The van der Waals surface area contributed by atoms with Crippen LogP contribution < -0.4 is 4.90 Å². The summed E-state index contributed by atoms with van der Waals surface area (Å²) in [7, 11) is 0. The van der Waals surface area contributed by atoms with Crippen LogP contribution in [0.15, 0.2) is 23.0 Å². The molecule has 0 bridgehead atoms. The Morgan fingerprint density at radius 1 is 1.25 bits per heavy atom. The summed E-state index contributed by atoms with van der Waals surface area (Å²) in [6, 6.07) is 4.06. The molecule has 0 saturated carbocycles. The maximum absolute atomic E-state index is 9.79. The van der Waals surface area contributed by atoms with Gasteiger partial charge in [0.2, 0.25) is 0 Å². The molecular weight excluding hydrogens is 378 g/mol. The number of rotatable bonds is 5. The van der Waals surface area contributed by atoms with Gasteiger partial charge in [0, 0.05) is 50.4 Å². The first-order valence-corrected chi connectivity index (χ1v) is 10.4. The fourth-order valence-electron chi connectivity index (χ4n) is 3.88. The highest BCUT2D eigenvalue weighted by molar-refractivity contribution is 7.15. The summed E-state index contributed by atoms with van der Waals surface area (Å²) in [6.45, 7) is 8.60. The summed E-state index contributed by atoms with van der Waals surface area (Å²) in [6.07, 6.45) is 1.22. The first-order valence-electron chi connectivity index (χ1n) is 9.63. The molecule has 5 rings (SSSR count). The Morgan fingerprint density at radius 2 is 2.07 bits per heavy atom. The third-order valence-electron chi connectivity index (χ3n) is 5.44. The van der Waals surface area contributed by atoms with Crippen molar-refractivity contribution in [1.82, 2.24) is 20.2 Å². The molecule has 2 aliphatic rings. The quantitative estimate of drug-likeness (QED) is 0.696. The predicted molar refractivity (Wildman–Crippen MR) is 107 cm³/mol. The second kappa shape index (κ2) is 7.40. The average Bonchev–Trinajstić information content (AvgIpc) is 3.34. The number of benzene rings is 1. The lowest BCUT2D eigenvalue weighted by Crippen LogP contribution is -2.53. The van der Waals surface area contributed by atoms with Gasteiger partial charge in [-0.05, 0) is 29.4 Å². The van der Waals surface area contributed by atoms with Gasteiger partial charge in [0.15, 0.2) is 5.52 Å². The second-order valence-corrected chi connectivity index (χ2v) is 8.62. The van der Waals surface area contributed by atoms with E-state index in [1.807, 2.05) is 6.07 Å². The van der Waals surface area contributed by atoms with Gasteiger partial charge >= 0.3 is 0 Å². The van der Waals surface area contributed by atoms with Crippen LogP contribution in [0.3, 0.4) is 0 Å². The van der Waals surface area contributed by atoms with Crippen molar-refractivity contribution >= 4 is 28.1 Å². The highest BCUT2D eigenvalue weighted by Crippen LogP contribution is 2.37. The van der Waals surface area contributed by atoms with Crippen molar-refractivity contribution in [3.05, 3.63) is 23.2 Å². The highest BCUT2D eigenvalue weighted by atomic mass is 32.1. The van der Waals surface area contributed by atoms with Gasteiger partial charge in [0.25, 0.3) is 0 Å². The zero-order valence-electron chi connectivity index (χ0n) is 15.7. The van der Waals surface area contributed by atoms with Crippen LogP contribution in [0.1, 0.15) is 17.9 Å². The highest BCUT2D eigenvalue weighted by Gasteiger charge is 2.31. The van der Waals surface area contributed by atoms with E-state index in [-0.39, 0.29) is 0 Å². The number of aliphatic hydroxyl groups is 1. The van der Waals surface area contributed by atoms with Gasteiger partial charge in [-0.15, -0.1) is 11.3 Å². The molecule has 3 aromatic rings. The first kappa shape index (κ1) is 18.0. The first-order chi connectivity index (χ1) is 13.7. The molecular formula is C19H23N5O3S. The van der Waals surface area contributed by atoms with Gasteiger partial charge < -0.3 is 14.7 Å². The van der Waals surface area contributed by atoms with E-state index in [1.165, 1.54) is 11.3 Å². The van der Waals surface area contributed by atoms with Crippen LogP contribution in [-0.2, 0) is 4.74 Å². The van der Waals surface area contributed by atoms with Crippen LogP contribution in [0, 0.1) is 5.92 Å². The Bertz CT molecular complexity index is 960. The molecule has 2 saturated heterocycles. The molecule has 9 heteroatoms. The van der Waals surface area contributed by atoms with Crippen LogP contribution in [0.4, 0.5) is 5.69 Å². The zero-order valence-corrected chi connectivity index (χ0v) is 16.6. The zero-order chi connectivity index (χ0) is 19.1. The molecule has 1 unspecified atom stereocenters. The second-order valence-electron chi connectivity index (χ2n) is 7.56. The van der Waals surface area contributed by atoms with E-state index in [0.29, 0.717) is 5.92 Å². The van der Waals surface area contributed by atoms with Gasteiger partial charge in [-0.25, -0.2) is 9.61 Å². The fraction of sp³-hybridized carbons (Fsp3) is 0.526. The number of aliphatic hydroxyl groups excluding tert-OH is 1. The molecule has 1 atom stereocenters. The largest absolute Gasteiger partial charge is 0.388 e. The van der Waals surface area contributed by atoms with Crippen molar-refractivity contribution in [2.24, 2.45) is 5.92 Å². The summed E-state index contributed by atoms with van der Waals surface area (Å²) in [4.78, 5) is 10.2. The maximum Gasteiger partial charge on any atom is 0.158 e. The number of thiazole rings is 1. The van der Waals surface area contributed by atoms with E-state index < -0.39 is 6.10 Å². The molecule has 0 spiro atoms. The predicted octanol–water partition coefficient (Wildman–Crippen LogP) is 2.17. The molecule has 1 aromatic carbocycles. The average molecular weight is 401 g/mol. The molecule has 28 heavy (non-hydrogen) atoms. The molecule has 2 aliphatic heterocycles. The molecule has 4 heterocycles. The normalized spacial score (nSPS) is 19.9. The topological polar surface area (TPSA) is 87.8 Å². The van der Waals surface area contributed by atoms with Crippen LogP contribution in [-0.4, -0.2) is 71.2 Å². The number of ether oxygens (including phenoxy) is 1. The number of anilines is 1. The van der Waals surface area contributed by atoms with Crippen LogP contribution >= 0.6 is 11.3 Å². The number of morpholine rings is 1. The summed E-state index contributed by atoms with van der Waals surface area (Å²) in [5.74, 6) is 0.651. The van der Waals surface area contributed by atoms with Gasteiger partial charge in [-0.1, -0.05) is 0 Å². The Balaban J connectivity index is 1.36. The number of fused-ring (bicyclic) bond motifs is 1. The van der Waals surface area contributed by atoms with Crippen molar-refractivity contribution in [2.75, 3.05) is 50.8 Å².